The highest BCUT2D eigenvalue weighted by Gasteiger charge is 2.23. The third-order valence-corrected chi connectivity index (χ3v) is 4.69. The van der Waals surface area contributed by atoms with Gasteiger partial charge in [-0.1, -0.05) is 37.8 Å². The van der Waals surface area contributed by atoms with Crippen LogP contribution in [0.1, 0.15) is 51.0 Å². The van der Waals surface area contributed by atoms with Crippen LogP contribution in [0.3, 0.4) is 0 Å². The molecule has 0 aliphatic heterocycles. The average molecular weight is 311 g/mol. The molecule has 1 aliphatic carbocycles. The summed E-state index contributed by atoms with van der Waals surface area (Å²) in [6.45, 7) is 2.69. The number of nitrogens with zero attached hydrogens (tertiary/aromatic N) is 1. The van der Waals surface area contributed by atoms with E-state index in [4.69, 9.17) is 11.6 Å². The molecule has 1 fully saturated rings. The van der Waals surface area contributed by atoms with Crippen LogP contribution in [0.15, 0.2) is 18.2 Å². The largest absolute Gasteiger partial charge is 0.309 e. The Bertz CT molecular complexity index is 487. The molecule has 1 aromatic carbocycles. The van der Waals surface area contributed by atoms with Crippen molar-refractivity contribution in [2.75, 3.05) is 0 Å². The van der Waals surface area contributed by atoms with Crippen LogP contribution in [0.5, 0.6) is 0 Å². The maximum atomic E-state index is 11.1. The van der Waals surface area contributed by atoms with Crippen LogP contribution in [0.4, 0.5) is 5.69 Å². The molecule has 116 valence electrons. The normalized spacial score (nSPS) is 17.6. The maximum absolute atomic E-state index is 11.1. The van der Waals surface area contributed by atoms with Crippen molar-refractivity contribution in [3.05, 3.63) is 38.9 Å². The van der Waals surface area contributed by atoms with E-state index in [1.807, 2.05) is 0 Å². The summed E-state index contributed by atoms with van der Waals surface area (Å²) < 4.78 is 0. The molecule has 0 radical (unpaired) electrons. The van der Waals surface area contributed by atoms with Crippen LogP contribution in [-0.4, -0.2) is 11.0 Å². The molecule has 0 aromatic heterocycles. The molecule has 0 amide bonds. The Morgan fingerprint density at radius 1 is 1.38 bits per heavy atom. The second-order valence-electron chi connectivity index (χ2n) is 5.82. The first-order chi connectivity index (χ1) is 10.1. The van der Waals surface area contributed by atoms with Gasteiger partial charge in [-0.05, 0) is 37.3 Å². The fraction of sp³-hybridized carbons (Fsp3) is 0.625. The number of rotatable bonds is 6. The Kier molecular flexibility index (Phi) is 6.00. The molecule has 1 aromatic rings. The lowest BCUT2D eigenvalue weighted by Gasteiger charge is -2.30. The molecule has 2 rings (SSSR count). The van der Waals surface area contributed by atoms with Gasteiger partial charge >= 0.3 is 0 Å². The minimum Gasteiger partial charge on any atom is -0.309 e. The average Bonchev–Trinajstić information content (AvgIpc) is 2.48. The standard InChI is InChI=1S/C16H23ClN2O2/c1-2-15(12-6-4-3-5-7-12)18-11-13-10-14(17)8-9-16(13)19(20)21/h8-10,12,15,18H,2-7,11H2,1H3. The molecule has 0 heterocycles. The predicted molar refractivity (Wildman–Crippen MR) is 85.6 cm³/mol. The first-order valence-corrected chi connectivity index (χ1v) is 8.15. The quantitative estimate of drug-likeness (QED) is 0.612. The molecule has 1 aliphatic rings. The summed E-state index contributed by atoms with van der Waals surface area (Å²) in [7, 11) is 0. The van der Waals surface area contributed by atoms with Crippen molar-refractivity contribution in [3.63, 3.8) is 0 Å². The van der Waals surface area contributed by atoms with Gasteiger partial charge in [-0.15, -0.1) is 0 Å². The van der Waals surface area contributed by atoms with Crippen molar-refractivity contribution in [1.82, 2.24) is 5.32 Å². The van der Waals surface area contributed by atoms with Crippen LogP contribution in [0.2, 0.25) is 5.02 Å². The zero-order chi connectivity index (χ0) is 15.2. The molecule has 1 unspecified atom stereocenters. The predicted octanol–water partition coefficient (Wildman–Crippen LogP) is 4.70. The highest BCUT2D eigenvalue weighted by atomic mass is 35.5. The summed E-state index contributed by atoms with van der Waals surface area (Å²) in [4.78, 5) is 10.7. The van der Waals surface area contributed by atoms with Crippen LogP contribution >= 0.6 is 11.6 Å². The Balaban J connectivity index is 2.03. The van der Waals surface area contributed by atoms with Gasteiger partial charge in [0.05, 0.1) is 4.92 Å². The van der Waals surface area contributed by atoms with E-state index in [0.29, 0.717) is 29.1 Å². The lowest BCUT2D eigenvalue weighted by molar-refractivity contribution is -0.385. The van der Waals surface area contributed by atoms with E-state index >= 15 is 0 Å². The number of hydrogen-bond donors (Lipinski definition) is 1. The van der Waals surface area contributed by atoms with Crippen LogP contribution in [-0.2, 0) is 6.54 Å². The first-order valence-electron chi connectivity index (χ1n) is 7.78. The summed E-state index contributed by atoms with van der Waals surface area (Å²) in [5.74, 6) is 0.696. The minimum atomic E-state index is -0.338. The molecule has 21 heavy (non-hydrogen) atoms. The van der Waals surface area contributed by atoms with Crippen molar-refractivity contribution in [1.29, 1.82) is 0 Å². The number of nitrogens with one attached hydrogen (secondary N) is 1. The molecule has 1 atom stereocenters. The Hall–Kier alpha value is -1.13. The smallest absolute Gasteiger partial charge is 0.273 e. The molecule has 0 bridgehead atoms. The Morgan fingerprint density at radius 2 is 2.10 bits per heavy atom. The van der Waals surface area contributed by atoms with Crippen LogP contribution in [0.25, 0.3) is 0 Å². The van der Waals surface area contributed by atoms with E-state index in [0.717, 1.165) is 6.42 Å². The van der Waals surface area contributed by atoms with E-state index < -0.39 is 0 Å². The Labute approximate surface area is 131 Å². The third-order valence-electron chi connectivity index (χ3n) is 4.45. The summed E-state index contributed by atoms with van der Waals surface area (Å²) in [6.07, 6.45) is 7.54. The van der Waals surface area contributed by atoms with Crippen molar-refractivity contribution in [3.8, 4) is 0 Å². The lowest BCUT2D eigenvalue weighted by atomic mass is 9.83. The van der Waals surface area contributed by atoms with Gasteiger partial charge in [0, 0.05) is 29.2 Å². The summed E-state index contributed by atoms with van der Waals surface area (Å²) in [5, 5.41) is 15.1. The van der Waals surface area contributed by atoms with Crippen LogP contribution < -0.4 is 5.32 Å². The summed E-state index contributed by atoms with van der Waals surface area (Å²) in [6, 6.07) is 5.19. The van der Waals surface area contributed by atoms with E-state index in [-0.39, 0.29) is 10.6 Å². The molecule has 5 heteroatoms. The molecule has 1 saturated carbocycles. The van der Waals surface area contributed by atoms with Crippen molar-refractivity contribution >= 4 is 17.3 Å². The maximum Gasteiger partial charge on any atom is 0.273 e. The lowest BCUT2D eigenvalue weighted by Crippen LogP contribution is -2.36. The first kappa shape index (κ1) is 16.2. The van der Waals surface area contributed by atoms with Gasteiger partial charge in [0.2, 0.25) is 0 Å². The van der Waals surface area contributed by atoms with Gasteiger partial charge in [-0.2, -0.15) is 0 Å². The van der Waals surface area contributed by atoms with E-state index in [9.17, 15) is 10.1 Å². The second kappa shape index (κ2) is 7.76. The Morgan fingerprint density at radius 3 is 2.71 bits per heavy atom. The van der Waals surface area contributed by atoms with Gasteiger partial charge < -0.3 is 5.32 Å². The van der Waals surface area contributed by atoms with E-state index in [1.165, 1.54) is 38.2 Å². The highest BCUT2D eigenvalue weighted by molar-refractivity contribution is 6.30. The van der Waals surface area contributed by atoms with Gasteiger partial charge in [-0.3, -0.25) is 10.1 Å². The molecular formula is C16H23ClN2O2. The highest BCUT2D eigenvalue weighted by Crippen LogP contribution is 2.28. The van der Waals surface area contributed by atoms with Gasteiger partial charge in [0.25, 0.3) is 5.69 Å². The summed E-state index contributed by atoms with van der Waals surface area (Å²) >= 11 is 5.97. The van der Waals surface area contributed by atoms with Crippen molar-refractivity contribution in [2.24, 2.45) is 5.92 Å². The van der Waals surface area contributed by atoms with Crippen molar-refractivity contribution < 1.29 is 4.92 Å². The fourth-order valence-corrected chi connectivity index (χ4v) is 3.49. The topological polar surface area (TPSA) is 55.2 Å². The number of hydrogen-bond acceptors (Lipinski definition) is 3. The molecule has 0 spiro atoms. The number of benzene rings is 1. The van der Waals surface area contributed by atoms with E-state index in [1.54, 1.807) is 12.1 Å². The molecular weight excluding hydrogens is 288 g/mol. The van der Waals surface area contributed by atoms with Gasteiger partial charge in [-0.25, -0.2) is 0 Å². The van der Waals surface area contributed by atoms with Gasteiger partial charge in [0.15, 0.2) is 0 Å². The summed E-state index contributed by atoms with van der Waals surface area (Å²) in [5.41, 5.74) is 0.812. The zero-order valence-corrected chi connectivity index (χ0v) is 13.2. The minimum absolute atomic E-state index is 0.144. The van der Waals surface area contributed by atoms with Gasteiger partial charge in [0.1, 0.15) is 0 Å². The van der Waals surface area contributed by atoms with Crippen LogP contribution in [0, 0.1) is 16.0 Å². The third kappa shape index (κ3) is 4.42. The monoisotopic (exact) mass is 310 g/mol. The zero-order valence-electron chi connectivity index (χ0n) is 12.5. The number of halogens is 1. The van der Waals surface area contributed by atoms with Crippen molar-refractivity contribution in [2.45, 2.75) is 58.0 Å². The molecule has 4 nitrogen and oxygen atoms in total. The molecule has 1 N–H and O–H groups in total. The second-order valence-corrected chi connectivity index (χ2v) is 6.26. The fourth-order valence-electron chi connectivity index (χ4n) is 3.30. The number of nitro groups is 1. The molecule has 0 saturated heterocycles. The van der Waals surface area contributed by atoms with E-state index in [2.05, 4.69) is 12.2 Å². The SMILES string of the molecule is CCC(NCc1cc(Cl)ccc1[N+](=O)[O-])C1CCCCC1. The number of nitro benzene ring substituents is 1.